The summed E-state index contributed by atoms with van der Waals surface area (Å²) in [6, 6.07) is 57.2. The van der Waals surface area contributed by atoms with Crippen molar-refractivity contribution >= 4 is 11.0 Å². The summed E-state index contributed by atoms with van der Waals surface area (Å²) in [6.45, 7) is 34.0. The number of phenols is 1. The van der Waals surface area contributed by atoms with Gasteiger partial charge in [-0.2, -0.15) is 0 Å². The number of hydrogen-bond donors (Lipinski definition) is 1. The number of pyridine rings is 1. The van der Waals surface area contributed by atoms with E-state index in [0.717, 1.165) is 83.9 Å². The van der Waals surface area contributed by atoms with E-state index in [1.165, 1.54) is 27.8 Å². The maximum Gasteiger partial charge on any atom is 0.149 e. The lowest BCUT2D eigenvalue weighted by molar-refractivity contribution is 0.446. The van der Waals surface area contributed by atoms with Gasteiger partial charge in [0.15, 0.2) is 0 Å². The molecule has 73 heavy (non-hydrogen) atoms. The van der Waals surface area contributed by atoms with Crippen molar-refractivity contribution in [1.82, 2.24) is 14.5 Å². The molecule has 0 amide bonds. The van der Waals surface area contributed by atoms with Crippen LogP contribution in [0.3, 0.4) is 0 Å². The first-order valence-corrected chi connectivity index (χ1v) is 26.3. The van der Waals surface area contributed by atoms with Crippen molar-refractivity contribution in [3.05, 3.63) is 203 Å². The molecule has 4 heteroatoms. The summed E-state index contributed by atoms with van der Waals surface area (Å²) in [5.74, 6) is 1.40. The fourth-order valence-electron chi connectivity index (χ4n) is 10.5. The Balaban J connectivity index is 1.38. The fraction of sp³-hybridized carbons (Fsp3) is 0.304. The summed E-state index contributed by atoms with van der Waals surface area (Å²) in [6.07, 6.45) is 2.10. The molecule has 0 unspecified atom stereocenters. The van der Waals surface area contributed by atoms with Gasteiger partial charge in [-0.15, -0.1) is 0 Å². The molecule has 9 aromatic rings. The lowest BCUT2D eigenvalue weighted by Crippen LogP contribution is -2.20. The third kappa shape index (κ3) is 9.82. The Hall–Kier alpha value is -7.04. The van der Waals surface area contributed by atoms with Crippen molar-refractivity contribution in [3.63, 3.8) is 0 Å². The molecular weight excluding hydrogens is 887 g/mol. The second-order valence-corrected chi connectivity index (χ2v) is 24.6. The molecule has 0 aliphatic rings. The number of rotatable bonds is 10. The molecule has 2 aromatic heterocycles. The van der Waals surface area contributed by atoms with Crippen molar-refractivity contribution < 1.29 is 5.11 Å². The van der Waals surface area contributed by atoms with Crippen molar-refractivity contribution in [1.29, 1.82) is 0 Å². The minimum absolute atomic E-state index is 0.0592. The Bertz CT molecular complexity index is 3430. The summed E-state index contributed by atoms with van der Waals surface area (Å²) in [7, 11) is 0. The minimum atomic E-state index is -0.333. The van der Waals surface area contributed by atoms with Gasteiger partial charge in [-0.3, -0.25) is 9.55 Å². The van der Waals surface area contributed by atoms with E-state index in [4.69, 9.17) is 9.97 Å². The lowest BCUT2D eigenvalue weighted by atomic mass is 9.75. The molecule has 0 bridgehead atoms. The Labute approximate surface area is 436 Å². The number of para-hydroxylation sites is 1. The first kappa shape index (κ1) is 50.9. The molecule has 2 heterocycles. The monoisotopic (exact) mass is 962 g/mol. The van der Waals surface area contributed by atoms with E-state index in [-0.39, 0.29) is 39.2 Å². The molecule has 0 spiro atoms. The number of phenolic OH excluding ortho intramolecular Hbond substituents is 1. The topological polar surface area (TPSA) is 50.9 Å². The Morgan fingerprint density at radius 1 is 0.438 bits per heavy atom. The van der Waals surface area contributed by atoms with Crippen molar-refractivity contribution in [2.75, 3.05) is 0 Å². The summed E-state index contributed by atoms with van der Waals surface area (Å²) in [4.78, 5) is 11.2. The van der Waals surface area contributed by atoms with Gasteiger partial charge < -0.3 is 5.11 Å². The maximum atomic E-state index is 12.8. The fourth-order valence-corrected chi connectivity index (χ4v) is 10.5. The van der Waals surface area contributed by atoms with Gasteiger partial charge in [-0.25, -0.2) is 4.98 Å². The van der Waals surface area contributed by atoms with Crippen LogP contribution in [0, 0.1) is 0 Å². The zero-order chi connectivity index (χ0) is 52.4. The molecule has 7 aromatic carbocycles. The molecule has 0 fully saturated rings. The molecule has 0 radical (unpaired) electrons. The molecule has 0 saturated heterocycles. The Morgan fingerprint density at radius 3 is 1.53 bits per heavy atom. The van der Waals surface area contributed by atoms with E-state index >= 15 is 0 Å². The third-order valence-electron chi connectivity index (χ3n) is 15.0. The number of aromatic nitrogens is 3. The van der Waals surface area contributed by atoms with Gasteiger partial charge in [0.2, 0.25) is 0 Å². The van der Waals surface area contributed by atoms with Gasteiger partial charge >= 0.3 is 0 Å². The lowest BCUT2D eigenvalue weighted by Gasteiger charge is -2.29. The highest BCUT2D eigenvalue weighted by molar-refractivity contribution is 5.98. The predicted molar refractivity (Wildman–Crippen MR) is 311 cm³/mol. The molecule has 0 atom stereocenters. The molecule has 1 N–H and O–H groups in total. The second-order valence-electron chi connectivity index (χ2n) is 24.6. The van der Waals surface area contributed by atoms with Crippen LogP contribution in [0.25, 0.3) is 72.7 Å². The van der Waals surface area contributed by atoms with Crippen LogP contribution in [-0.2, 0) is 21.7 Å². The number of nitrogens with zero attached hydrogens (tertiary/aromatic N) is 3. The van der Waals surface area contributed by atoms with Crippen LogP contribution < -0.4 is 0 Å². The van der Waals surface area contributed by atoms with Gasteiger partial charge in [0.05, 0.1) is 28.0 Å². The van der Waals surface area contributed by atoms with Crippen LogP contribution in [0.4, 0.5) is 0 Å². The predicted octanol–water partition coefficient (Wildman–Crippen LogP) is 18.9. The highest BCUT2D eigenvalue weighted by atomic mass is 16.3. The number of imidazole rings is 1. The van der Waals surface area contributed by atoms with Crippen LogP contribution in [0.1, 0.15) is 155 Å². The minimum Gasteiger partial charge on any atom is -0.507 e. The molecular formula is C69H75N3O. The van der Waals surface area contributed by atoms with Crippen molar-refractivity contribution in [2.24, 2.45) is 0 Å². The zero-order valence-corrected chi connectivity index (χ0v) is 46.0. The van der Waals surface area contributed by atoms with Gasteiger partial charge in [0.1, 0.15) is 11.6 Å². The standard InChI is InChI=1S/C69H75N3O/c1-43(2)54-37-51(66(5,6)7)38-55(44(3)4)63(54)72-61-33-25-32-53(62(61)71-65(72)57-39-52(67(8,9)10)40-58(64(57)73)68(11,12)13)48-34-47(45-26-19-16-20-27-45)35-49(36-48)60-41-56(46-28-21-17-22-29-46)59(42-70-60)69(14,15)50-30-23-18-24-31-50/h16-44,73H,1-15H3. The average molecular weight is 962 g/mol. The molecule has 4 nitrogen and oxygen atoms in total. The molecule has 0 aliphatic heterocycles. The van der Waals surface area contributed by atoms with E-state index in [1.807, 2.05) is 0 Å². The average Bonchev–Trinajstić information content (AvgIpc) is 3.74. The summed E-state index contributed by atoms with van der Waals surface area (Å²) >= 11 is 0. The van der Waals surface area contributed by atoms with Crippen LogP contribution in [-0.4, -0.2) is 19.6 Å². The third-order valence-corrected chi connectivity index (χ3v) is 15.0. The second kappa shape index (κ2) is 19.1. The van der Waals surface area contributed by atoms with E-state index < -0.39 is 0 Å². The van der Waals surface area contributed by atoms with Crippen LogP contribution in [0.15, 0.2) is 164 Å². The van der Waals surface area contributed by atoms with Gasteiger partial charge in [0, 0.05) is 28.3 Å². The van der Waals surface area contributed by atoms with Crippen LogP contribution in [0.5, 0.6) is 5.75 Å². The molecule has 0 aliphatic carbocycles. The van der Waals surface area contributed by atoms with E-state index in [9.17, 15) is 5.11 Å². The maximum absolute atomic E-state index is 12.8. The molecule has 9 rings (SSSR count). The SMILES string of the molecule is CC(C)c1cc(C(C)(C)C)cc(C(C)C)c1-n1c(-c2cc(C(C)(C)C)cc(C(C)(C)C)c2O)nc2c(-c3cc(-c4ccccc4)cc(-c4cc(-c5ccccc5)c(C(C)(C)c5ccccc5)cn4)c3)cccc21. The quantitative estimate of drug-likeness (QED) is 0.149. The van der Waals surface area contributed by atoms with Gasteiger partial charge in [0.25, 0.3) is 0 Å². The van der Waals surface area contributed by atoms with Gasteiger partial charge in [-0.05, 0) is 126 Å². The molecule has 0 saturated carbocycles. The number of fused-ring (bicyclic) bond motifs is 1. The van der Waals surface area contributed by atoms with Crippen molar-refractivity contribution in [3.8, 4) is 67.5 Å². The normalized spacial score (nSPS) is 12.6. The smallest absolute Gasteiger partial charge is 0.149 e. The Kier molecular flexibility index (Phi) is 13.3. The number of aromatic hydroxyl groups is 1. The van der Waals surface area contributed by atoms with Crippen molar-refractivity contribution in [2.45, 2.75) is 137 Å². The first-order valence-electron chi connectivity index (χ1n) is 26.3. The zero-order valence-electron chi connectivity index (χ0n) is 46.0. The van der Waals surface area contributed by atoms with E-state index in [1.54, 1.807) is 0 Å². The summed E-state index contributed by atoms with van der Waals surface area (Å²) in [5.41, 5.74) is 19.6. The Morgan fingerprint density at radius 2 is 0.973 bits per heavy atom. The number of benzene rings is 7. The van der Waals surface area contributed by atoms with E-state index in [2.05, 4.69) is 272 Å². The highest BCUT2D eigenvalue weighted by Gasteiger charge is 2.32. The molecule has 372 valence electrons. The van der Waals surface area contributed by atoms with Crippen LogP contribution in [0.2, 0.25) is 0 Å². The number of hydrogen-bond acceptors (Lipinski definition) is 3. The highest BCUT2D eigenvalue weighted by Crippen LogP contribution is 2.48. The van der Waals surface area contributed by atoms with Crippen LogP contribution >= 0.6 is 0 Å². The largest absolute Gasteiger partial charge is 0.507 e. The van der Waals surface area contributed by atoms with Gasteiger partial charge in [-0.1, -0.05) is 225 Å². The first-order chi connectivity index (χ1) is 34.4. The summed E-state index contributed by atoms with van der Waals surface area (Å²) < 4.78 is 2.40. The van der Waals surface area contributed by atoms with E-state index in [0.29, 0.717) is 0 Å². The summed E-state index contributed by atoms with van der Waals surface area (Å²) in [5, 5.41) is 12.8.